The number of rotatable bonds is 74. The molecule has 2 aliphatic rings. The van der Waals surface area contributed by atoms with Crippen LogP contribution in [0.15, 0.2) is 0 Å². The van der Waals surface area contributed by atoms with E-state index in [1.807, 2.05) is 0 Å². The molecule has 0 aromatic carbocycles. The monoisotopic (exact) mass is 1300 g/mol. The van der Waals surface area contributed by atoms with Crippen LogP contribution < -0.4 is 16.0 Å². The Hall–Kier alpha value is -0.120. The molecule has 556 valence electrons. The van der Waals surface area contributed by atoms with E-state index < -0.39 is 0 Å². The topological polar surface area (TPSA) is 36.1 Å². The van der Waals surface area contributed by atoms with Crippen molar-refractivity contribution in [2.45, 2.75) is 578 Å². The Kier molecular flexibility index (Phi) is 61.2. The van der Waals surface area contributed by atoms with E-state index in [-0.39, 0.29) is 22.2 Å². The van der Waals surface area contributed by atoms with Crippen molar-refractivity contribution in [3.05, 3.63) is 0 Å². The average molecular weight is 1310 g/mol. The molecule has 0 radical (unpaired) electrons. The van der Waals surface area contributed by atoms with Crippen LogP contribution in [-0.4, -0.2) is 34.2 Å². The van der Waals surface area contributed by atoms with E-state index in [0.717, 1.165) is 0 Å². The predicted molar refractivity (Wildman–Crippen MR) is 424 cm³/mol. The molecule has 0 amide bonds. The van der Waals surface area contributed by atoms with Crippen molar-refractivity contribution < 1.29 is 0 Å². The minimum atomic E-state index is 0.254. The molecule has 2 heterocycles. The number of nitrogens with one attached hydrogen (secondary N) is 3. The Morgan fingerprint density at radius 2 is 0.280 bits per heavy atom. The molecule has 0 spiro atoms. The largest absolute Gasteiger partial charge is 0.311 e. The Labute approximate surface area is 590 Å². The second-order valence-corrected chi connectivity index (χ2v) is 33.5. The maximum atomic E-state index is 5.04. The van der Waals surface area contributed by atoms with Gasteiger partial charge in [0.25, 0.3) is 0 Å². The van der Waals surface area contributed by atoms with Gasteiger partial charge in [0.2, 0.25) is 0 Å². The van der Waals surface area contributed by atoms with Crippen molar-refractivity contribution in [1.29, 1.82) is 0 Å². The van der Waals surface area contributed by atoms with Crippen LogP contribution >= 0.6 is 0 Å². The number of hydrogen-bond donors (Lipinski definition) is 3. The fourth-order valence-electron chi connectivity index (χ4n) is 18.5. The number of hydrogen-bond acceptors (Lipinski definition) is 3. The molecule has 3 N–H and O–H groups in total. The van der Waals surface area contributed by atoms with E-state index in [0.29, 0.717) is 12.1 Å². The molecule has 0 aromatic rings. The van der Waals surface area contributed by atoms with Gasteiger partial charge in [0.1, 0.15) is 0 Å². The van der Waals surface area contributed by atoms with Gasteiger partial charge in [-0.15, -0.1) is 0 Å². The summed E-state index contributed by atoms with van der Waals surface area (Å²) >= 11 is 0. The van der Waals surface area contributed by atoms with Gasteiger partial charge in [0.15, 0.2) is 0 Å². The first-order valence-electron chi connectivity index (χ1n) is 45.1. The highest BCUT2D eigenvalue weighted by Crippen LogP contribution is 2.46. The zero-order valence-electron chi connectivity index (χ0n) is 66.4. The SMILES string of the molecule is CCCCCCCCCCC1(CCCCCCCCCC)CC(NC2CC(CCCCCCCCCC)(CCCCCCCCCC)NC(CCCCCCCCCC)(CCCCCCCCCC)C2)CC(CCCCCCCCCC)(CCCCCCCCCC)N1. The molecule has 2 fully saturated rings. The Bertz CT molecular complexity index is 1190. The Morgan fingerprint density at radius 3 is 0.398 bits per heavy atom. The van der Waals surface area contributed by atoms with E-state index in [9.17, 15) is 0 Å². The van der Waals surface area contributed by atoms with Crippen molar-refractivity contribution in [1.82, 2.24) is 16.0 Å². The average Bonchev–Trinajstić information content (AvgIpc) is 0.838. The summed E-state index contributed by atoms with van der Waals surface area (Å²) in [5.74, 6) is 0. The van der Waals surface area contributed by atoms with Crippen LogP contribution in [0.2, 0.25) is 0 Å². The molecule has 0 saturated carbocycles. The maximum absolute atomic E-state index is 5.04. The molecular formula is C90H181N3. The first-order chi connectivity index (χ1) is 45.8. The third-order valence-corrected chi connectivity index (χ3v) is 24.2. The molecule has 2 aliphatic heterocycles. The van der Waals surface area contributed by atoms with Crippen LogP contribution in [-0.2, 0) is 0 Å². The standard InChI is InChI=1S/C90H181N3/c1-9-17-25-33-41-49-57-65-73-87(74-66-58-50-42-34-26-18-10-2)81-85(82-88(92-87,75-67-59-51-43-35-27-19-11-3)76-68-60-52-44-36-28-20-12-4)91-86-83-89(77-69-61-53-45-37-29-21-13-5,78-70-62-54-46-38-30-22-14-6)93-90(84-86,79-71-63-55-47-39-31-23-15-7)80-72-64-56-48-40-32-24-16-8/h85-86,91-93H,9-84H2,1-8H3. The fourth-order valence-corrected chi connectivity index (χ4v) is 18.5. The molecular weight excluding hydrogens is 1120 g/mol. The summed E-state index contributed by atoms with van der Waals surface area (Å²) < 4.78 is 0. The van der Waals surface area contributed by atoms with Gasteiger partial charge in [0, 0.05) is 34.2 Å². The summed E-state index contributed by atoms with van der Waals surface area (Å²) in [6.07, 6.45) is 109. The van der Waals surface area contributed by atoms with Crippen LogP contribution in [0.25, 0.3) is 0 Å². The lowest BCUT2D eigenvalue weighted by atomic mass is 9.66. The van der Waals surface area contributed by atoms with Gasteiger partial charge in [-0.1, -0.05) is 466 Å². The first kappa shape index (κ1) is 89.0. The molecule has 3 nitrogen and oxygen atoms in total. The normalized spacial score (nSPS) is 16.5. The van der Waals surface area contributed by atoms with E-state index in [1.54, 1.807) is 0 Å². The van der Waals surface area contributed by atoms with E-state index >= 15 is 0 Å². The lowest BCUT2D eigenvalue weighted by Gasteiger charge is -2.57. The lowest BCUT2D eigenvalue weighted by Crippen LogP contribution is -2.70. The summed E-state index contributed by atoms with van der Waals surface area (Å²) in [5, 5.41) is 15.1. The third-order valence-electron chi connectivity index (χ3n) is 24.2. The number of piperidine rings is 2. The molecule has 2 saturated heterocycles. The highest BCUT2D eigenvalue weighted by molar-refractivity contribution is 5.11. The highest BCUT2D eigenvalue weighted by Gasteiger charge is 2.50. The Balaban J connectivity index is 2.84. The summed E-state index contributed by atoms with van der Waals surface area (Å²) in [6, 6.07) is 1.24. The van der Waals surface area contributed by atoms with Gasteiger partial charge in [-0.3, -0.25) is 0 Å². The van der Waals surface area contributed by atoms with Crippen molar-refractivity contribution in [2.75, 3.05) is 0 Å². The summed E-state index contributed by atoms with van der Waals surface area (Å²) in [5.41, 5.74) is 1.02. The summed E-state index contributed by atoms with van der Waals surface area (Å²) in [4.78, 5) is 0. The van der Waals surface area contributed by atoms with Gasteiger partial charge in [-0.25, -0.2) is 0 Å². The third kappa shape index (κ3) is 48.4. The smallest absolute Gasteiger partial charge is 0.0201 e. The van der Waals surface area contributed by atoms with Crippen molar-refractivity contribution in [3.8, 4) is 0 Å². The zero-order chi connectivity index (χ0) is 67.0. The summed E-state index contributed by atoms with van der Waals surface area (Å²) in [6.45, 7) is 19.1. The van der Waals surface area contributed by atoms with Gasteiger partial charge in [-0.05, 0) is 77.0 Å². The molecule has 0 aliphatic carbocycles. The molecule has 0 unspecified atom stereocenters. The van der Waals surface area contributed by atoms with Crippen molar-refractivity contribution in [2.24, 2.45) is 0 Å². The highest BCUT2D eigenvalue weighted by atomic mass is 15.1. The lowest BCUT2D eigenvalue weighted by molar-refractivity contribution is 0.0333. The second kappa shape index (κ2) is 64.0. The van der Waals surface area contributed by atoms with E-state index in [2.05, 4.69) is 55.4 Å². The van der Waals surface area contributed by atoms with Gasteiger partial charge < -0.3 is 16.0 Å². The fraction of sp³-hybridized carbons (Fsp3) is 1.00. The van der Waals surface area contributed by atoms with Crippen molar-refractivity contribution in [3.63, 3.8) is 0 Å². The van der Waals surface area contributed by atoms with E-state index in [4.69, 9.17) is 16.0 Å². The van der Waals surface area contributed by atoms with Crippen LogP contribution in [0.3, 0.4) is 0 Å². The molecule has 93 heavy (non-hydrogen) atoms. The Morgan fingerprint density at radius 1 is 0.172 bits per heavy atom. The minimum Gasteiger partial charge on any atom is -0.311 e. The number of unbranched alkanes of at least 4 members (excludes halogenated alkanes) is 56. The quantitative estimate of drug-likeness (QED) is 0.0531. The van der Waals surface area contributed by atoms with E-state index in [1.165, 1.54) is 488 Å². The predicted octanol–water partition coefficient (Wildman–Crippen LogP) is 31.3. The van der Waals surface area contributed by atoms with Crippen LogP contribution in [0.1, 0.15) is 543 Å². The molecule has 0 aromatic heterocycles. The first-order valence-corrected chi connectivity index (χ1v) is 45.1. The molecule has 0 atom stereocenters. The van der Waals surface area contributed by atoms with Gasteiger partial charge in [0.05, 0.1) is 0 Å². The summed E-state index contributed by atoms with van der Waals surface area (Å²) in [7, 11) is 0. The van der Waals surface area contributed by atoms with Crippen LogP contribution in [0.5, 0.6) is 0 Å². The van der Waals surface area contributed by atoms with Crippen molar-refractivity contribution >= 4 is 0 Å². The second-order valence-electron chi connectivity index (χ2n) is 33.5. The zero-order valence-corrected chi connectivity index (χ0v) is 66.4. The van der Waals surface area contributed by atoms with Crippen LogP contribution in [0, 0.1) is 0 Å². The van der Waals surface area contributed by atoms with Gasteiger partial charge in [-0.2, -0.15) is 0 Å². The molecule has 2 rings (SSSR count). The maximum Gasteiger partial charge on any atom is 0.0201 e. The molecule has 0 bridgehead atoms. The van der Waals surface area contributed by atoms with Crippen LogP contribution in [0.4, 0.5) is 0 Å². The molecule has 3 heteroatoms. The minimum absolute atomic E-state index is 0.254. The van der Waals surface area contributed by atoms with Gasteiger partial charge >= 0.3 is 0 Å².